The molecule has 0 spiro atoms. The first kappa shape index (κ1) is 19.9. The lowest BCUT2D eigenvalue weighted by Gasteiger charge is -2.32. The summed E-state index contributed by atoms with van der Waals surface area (Å²) in [7, 11) is 1.59. The molecule has 3 rings (SSSR count). The van der Waals surface area contributed by atoms with Gasteiger partial charge in [-0.2, -0.15) is 0 Å². The quantitative estimate of drug-likeness (QED) is 0.836. The van der Waals surface area contributed by atoms with E-state index in [1.54, 1.807) is 19.2 Å². The SMILES string of the molecule is COc1cccc(C(=O)NC2CCN(C(=O)CCc3ccc(C)cc3)CC2)c1. The first-order chi connectivity index (χ1) is 13.5. The van der Waals surface area contributed by atoms with Gasteiger partial charge in [0.1, 0.15) is 5.75 Å². The molecule has 0 unspecified atom stereocenters. The molecule has 28 heavy (non-hydrogen) atoms. The maximum absolute atomic E-state index is 12.5. The fraction of sp³-hybridized carbons (Fsp3) is 0.391. The van der Waals surface area contributed by atoms with Gasteiger partial charge in [-0.25, -0.2) is 0 Å². The van der Waals surface area contributed by atoms with Crippen LogP contribution in [0.1, 0.15) is 40.7 Å². The molecule has 0 aromatic heterocycles. The van der Waals surface area contributed by atoms with Crippen molar-refractivity contribution in [3.05, 3.63) is 65.2 Å². The van der Waals surface area contributed by atoms with Gasteiger partial charge in [0.25, 0.3) is 5.91 Å². The Morgan fingerprint density at radius 1 is 1.11 bits per heavy atom. The number of amides is 2. The monoisotopic (exact) mass is 380 g/mol. The highest BCUT2D eigenvalue weighted by Crippen LogP contribution is 2.16. The molecular weight excluding hydrogens is 352 g/mol. The van der Waals surface area contributed by atoms with E-state index in [-0.39, 0.29) is 17.9 Å². The minimum atomic E-state index is -0.0944. The third-order valence-electron chi connectivity index (χ3n) is 5.26. The van der Waals surface area contributed by atoms with Crippen LogP contribution in [0.5, 0.6) is 5.75 Å². The van der Waals surface area contributed by atoms with Gasteiger partial charge >= 0.3 is 0 Å². The molecule has 0 aliphatic carbocycles. The molecule has 2 amide bonds. The Kier molecular flexibility index (Phi) is 6.69. The van der Waals surface area contributed by atoms with Crippen LogP contribution in [0.4, 0.5) is 0 Å². The van der Waals surface area contributed by atoms with Gasteiger partial charge in [0.05, 0.1) is 7.11 Å². The number of piperidine rings is 1. The lowest BCUT2D eigenvalue weighted by atomic mass is 10.0. The average molecular weight is 380 g/mol. The molecule has 1 aliphatic rings. The van der Waals surface area contributed by atoms with Crippen molar-refractivity contribution < 1.29 is 14.3 Å². The zero-order valence-corrected chi connectivity index (χ0v) is 16.6. The van der Waals surface area contributed by atoms with Crippen LogP contribution >= 0.6 is 0 Å². The molecule has 1 N–H and O–H groups in total. The number of nitrogens with one attached hydrogen (secondary N) is 1. The van der Waals surface area contributed by atoms with Crippen molar-refractivity contribution in [3.8, 4) is 5.75 Å². The maximum Gasteiger partial charge on any atom is 0.251 e. The molecule has 1 saturated heterocycles. The molecule has 1 heterocycles. The first-order valence-corrected chi connectivity index (χ1v) is 9.83. The largest absolute Gasteiger partial charge is 0.497 e. The van der Waals surface area contributed by atoms with Gasteiger partial charge in [0.15, 0.2) is 0 Å². The Hall–Kier alpha value is -2.82. The molecule has 0 atom stereocenters. The Bertz CT molecular complexity index is 809. The molecule has 5 heteroatoms. The van der Waals surface area contributed by atoms with E-state index >= 15 is 0 Å². The molecule has 0 radical (unpaired) electrons. The summed E-state index contributed by atoms with van der Waals surface area (Å²) in [4.78, 5) is 26.8. The van der Waals surface area contributed by atoms with Crippen LogP contribution in [0.25, 0.3) is 0 Å². The molecular formula is C23H28N2O3. The van der Waals surface area contributed by atoms with E-state index in [0.29, 0.717) is 30.8 Å². The van der Waals surface area contributed by atoms with Crippen LogP contribution in [0.2, 0.25) is 0 Å². The number of likely N-dealkylation sites (tertiary alicyclic amines) is 1. The van der Waals surface area contributed by atoms with Gasteiger partial charge in [-0.15, -0.1) is 0 Å². The van der Waals surface area contributed by atoms with Crippen molar-refractivity contribution in [2.45, 2.75) is 38.6 Å². The number of methoxy groups -OCH3 is 1. The number of hydrogen-bond donors (Lipinski definition) is 1. The normalized spacial score (nSPS) is 14.6. The van der Waals surface area contributed by atoms with Crippen molar-refractivity contribution >= 4 is 11.8 Å². The summed E-state index contributed by atoms with van der Waals surface area (Å²) in [5, 5.41) is 3.08. The van der Waals surface area contributed by atoms with Crippen molar-refractivity contribution in [2.75, 3.05) is 20.2 Å². The summed E-state index contributed by atoms with van der Waals surface area (Å²) in [6.07, 6.45) is 2.87. The van der Waals surface area contributed by atoms with Crippen molar-refractivity contribution in [3.63, 3.8) is 0 Å². The maximum atomic E-state index is 12.5. The second-order valence-corrected chi connectivity index (χ2v) is 7.35. The average Bonchev–Trinajstić information content (AvgIpc) is 2.73. The third-order valence-corrected chi connectivity index (χ3v) is 5.26. The van der Waals surface area contributed by atoms with Crippen LogP contribution in [0.15, 0.2) is 48.5 Å². The first-order valence-electron chi connectivity index (χ1n) is 9.83. The number of rotatable bonds is 6. The lowest BCUT2D eigenvalue weighted by Crippen LogP contribution is -2.46. The van der Waals surface area contributed by atoms with Crippen LogP contribution in [-0.4, -0.2) is 43.0 Å². The standard InChI is InChI=1S/C23H28N2O3/c1-17-6-8-18(9-7-17)10-11-22(26)25-14-12-20(13-15-25)24-23(27)19-4-3-5-21(16-19)28-2/h3-9,16,20H,10-15H2,1-2H3,(H,24,27). The Labute approximate surface area is 166 Å². The summed E-state index contributed by atoms with van der Waals surface area (Å²) in [5.41, 5.74) is 3.02. The molecule has 1 aliphatic heterocycles. The topological polar surface area (TPSA) is 58.6 Å². The van der Waals surface area contributed by atoms with Crippen LogP contribution in [-0.2, 0) is 11.2 Å². The lowest BCUT2D eigenvalue weighted by molar-refractivity contribution is -0.132. The van der Waals surface area contributed by atoms with E-state index in [4.69, 9.17) is 4.74 Å². The minimum Gasteiger partial charge on any atom is -0.497 e. The van der Waals surface area contributed by atoms with E-state index in [0.717, 1.165) is 19.3 Å². The zero-order valence-electron chi connectivity index (χ0n) is 16.6. The van der Waals surface area contributed by atoms with E-state index in [1.165, 1.54) is 11.1 Å². The number of hydrogen-bond acceptors (Lipinski definition) is 3. The third kappa shape index (κ3) is 5.35. The van der Waals surface area contributed by atoms with E-state index < -0.39 is 0 Å². The van der Waals surface area contributed by atoms with Gasteiger partial charge in [0.2, 0.25) is 5.91 Å². The number of ether oxygens (including phenoxy) is 1. The fourth-order valence-corrected chi connectivity index (χ4v) is 3.47. The highest BCUT2D eigenvalue weighted by molar-refractivity contribution is 5.94. The van der Waals surface area contributed by atoms with Gasteiger partial charge in [-0.3, -0.25) is 9.59 Å². The van der Waals surface area contributed by atoms with Crippen molar-refractivity contribution in [1.82, 2.24) is 10.2 Å². The Morgan fingerprint density at radius 2 is 1.82 bits per heavy atom. The second kappa shape index (κ2) is 9.40. The number of aryl methyl sites for hydroxylation is 2. The summed E-state index contributed by atoms with van der Waals surface area (Å²) in [6.45, 7) is 3.44. The van der Waals surface area contributed by atoms with Crippen molar-refractivity contribution in [2.24, 2.45) is 0 Å². The molecule has 5 nitrogen and oxygen atoms in total. The van der Waals surface area contributed by atoms with E-state index in [1.807, 2.05) is 17.0 Å². The molecule has 1 fully saturated rings. The molecule has 148 valence electrons. The summed E-state index contributed by atoms with van der Waals surface area (Å²) in [5.74, 6) is 0.767. The molecule has 2 aromatic rings. The number of carbonyl (C=O) groups is 2. The van der Waals surface area contributed by atoms with Crippen LogP contribution in [0.3, 0.4) is 0 Å². The Morgan fingerprint density at radius 3 is 2.50 bits per heavy atom. The highest BCUT2D eigenvalue weighted by Gasteiger charge is 2.24. The summed E-state index contributed by atoms with van der Waals surface area (Å²) < 4.78 is 5.17. The number of benzene rings is 2. The van der Waals surface area contributed by atoms with Crippen molar-refractivity contribution in [1.29, 1.82) is 0 Å². The number of carbonyl (C=O) groups excluding carboxylic acids is 2. The number of nitrogens with zero attached hydrogens (tertiary/aromatic N) is 1. The van der Waals surface area contributed by atoms with E-state index in [2.05, 4.69) is 36.5 Å². The fourth-order valence-electron chi connectivity index (χ4n) is 3.47. The van der Waals surface area contributed by atoms with Gasteiger partial charge in [-0.05, 0) is 49.9 Å². The predicted molar refractivity (Wildman–Crippen MR) is 110 cm³/mol. The van der Waals surface area contributed by atoms with Gasteiger partial charge < -0.3 is 15.0 Å². The van der Waals surface area contributed by atoms with Gasteiger partial charge in [-0.1, -0.05) is 35.9 Å². The van der Waals surface area contributed by atoms with Crippen LogP contribution in [0, 0.1) is 6.92 Å². The molecule has 2 aromatic carbocycles. The summed E-state index contributed by atoms with van der Waals surface area (Å²) in [6, 6.07) is 15.6. The Balaban J connectivity index is 1.44. The zero-order chi connectivity index (χ0) is 19.9. The molecule has 0 saturated carbocycles. The van der Waals surface area contributed by atoms with Gasteiger partial charge in [0, 0.05) is 31.1 Å². The predicted octanol–water partition coefficient (Wildman–Crippen LogP) is 3.36. The minimum absolute atomic E-state index is 0.0944. The van der Waals surface area contributed by atoms with Crippen LogP contribution < -0.4 is 10.1 Å². The smallest absolute Gasteiger partial charge is 0.251 e. The molecule has 0 bridgehead atoms. The van der Waals surface area contributed by atoms with E-state index in [9.17, 15) is 9.59 Å². The second-order valence-electron chi connectivity index (χ2n) is 7.35. The summed E-state index contributed by atoms with van der Waals surface area (Å²) >= 11 is 0. The highest BCUT2D eigenvalue weighted by atomic mass is 16.5.